The van der Waals surface area contributed by atoms with Crippen LogP contribution in [-0.2, 0) is 5.88 Å². The van der Waals surface area contributed by atoms with Gasteiger partial charge in [0.1, 0.15) is 5.65 Å². The second kappa shape index (κ2) is 5.53. The first-order valence-corrected chi connectivity index (χ1v) is 8.30. The fourth-order valence-corrected chi connectivity index (χ4v) is 3.63. The van der Waals surface area contributed by atoms with Crippen LogP contribution in [0.25, 0.3) is 5.65 Å². The summed E-state index contributed by atoms with van der Waals surface area (Å²) in [6, 6.07) is 6.66. The zero-order valence-corrected chi connectivity index (χ0v) is 13.9. The first-order valence-electron chi connectivity index (χ1n) is 7.76. The minimum atomic E-state index is 0.489. The molecule has 2 aromatic heterocycles. The van der Waals surface area contributed by atoms with Crippen LogP contribution >= 0.6 is 11.6 Å². The molecule has 0 aliphatic heterocycles. The molecule has 2 heterocycles. The highest BCUT2D eigenvalue weighted by atomic mass is 35.5. The molecule has 1 saturated carbocycles. The Morgan fingerprint density at radius 2 is 2.05 bits per heavy atom. The summed E-state index contributed by atoms with van der Waals surface area (Å²) in [5, 5.41) is 0. The molecule has 0 saturated heterocycles. The maximum atomic E-state index is 6.19. The molecule has 114 valence electrons. The van der Waals surface area contributed by atoms with Gasteiger partial charge in [0.2, 0.25) is 0 Å². The molecule has 3 nitrogen and oxygen atoms in total. The molecule has 0 radical (unpaired) electrons. The van der Waals surface area contributed by atoms with Crippen LogP contribution in [0, 0.1) is 5.41 Å². The van der Waals surface area contributed by atoms with Crippen molar-refractivity contribution in [2.45, 2.75) is 51.5 Å². The summed E-state index contributed by atoms with van der Waals surface area (Å²) in [5.74, 6) is 1.53. The topological polar surface area (TPSA) is 20.5 Å². The largest absolute Gasteiger partial charge is 0.355 e. The number of nitrogens with zero attached hydrogens (tertiary/aromatic N) is 3. The van der Waals surface area contributed by atoms with Gasteiger partial charge in [0, 0.05) is 19.3 Å². The lowest BCUT2D eigenvalue weighted by Crippen LogP contribution is -2.37. The van der Waals surface area contributed by atoms with E-state index in [1.807, 2.05) is 24.4 Å². The van der Waals surface area contributed by atoms with E-state index in [0.29, 0.717) is 17.3 Å². The lowest BCUT2D eigenvalue weighted by Gasteiger charge is -2.39. The molecular weight excluding hydrogens is 282 g/mol. The van der Waals surface area contributed by atoms with Gasteiger partial charge in [0.05, 0.1) is 11.6 Å². The van der Waals surface area contributed by atoms with Crippen molar-refractivity contribution in [3.63, 3.8) is 0 Å². The van der Waals surface area contributed by atoms with Gasteiger partial charge in [-0.3, -0.25) is 0 Å². The predicted octanol–water partition coefficient (Wildman–Crippen LogP) is 4.48. The van der Waals surface area contributed by atoms with Crippen molar-refractivity contribution in [1.29, 1.82) is 0 Å². The van der Waals surface area contributed by atoms with E-state index in [4.69, 9.17) is 16.6 Å². The molecule has 1 aliphatic carbocycles. The van der Waals surface area contributed by atoms with Gasteiger partial charge in [-0.15, -0.1) is 11.6 Å². The number of halogens is 1. The van der Waals surface area contributed by atoms with Crippen molar-refractivity contribution < 1.29 is 0 Å². The lowest BCUT2D eigenvalue weighted by atomic mass is 9.75. The second-order valence-corrected chi connectivity index (χ2v) is 7.22. The summed E-state index contributed by atoms with van der Waals surface area (Å²) < 4.78 is 2.10. The van der Waals surface area contributed by atoms with Crippen molar-refractivity contribution in [3.05, 3.63) is 30.1 Å². The van der Waals surface area contributed by atoms with Gasteiger partial charge in [0.25, 0.3) is 0 Å². The van der Waals surface area contributed by atoms with Crippen molar-refractivity contribution >= 4 is 23.1 Å². The molecule has 0 bridgehead atoms. The second-order valence-electron chi connectivity index (χ2n) is 6.95. The third-order valence-electron chi connectivity index (χ3n) is 4.92. The summed E-state index contributed by atoms with van der Waals surface area (Å²) in [6.45, 7) is 4.75. The molecule has 21 heavy (non-hydrogen) atoms. The highest BCUT2D eigenvalue weighted by molar-refractivity contribution is 6.17. The number of pyridine rings is 1. The third-order valence-corrected chi connectivity index (χ3v) is 5.18. The molecule has 0 unspecified atom stereocenters. The fourth-order valence-electron chi connectivity index (χ4n) is 3.39. The van der Waals surface area contributed by atoms with E-state index < -0.39 is 0 Å². The molecule has 1 aliphatic rings. The Hall–Kier alpha value is -1.22. The Kier molecular flexibility index (Phi) is 3.87. The van der Waals surface area contributed by atoms with Crippen molar-refractivity contribution in [2.75, 3.05) is 11.9 Å². The average molecular weight is 306 g/mol. The standard InChI is InChI=1S/C17H24ClN3/c1-17(2)9-7-13(8-10-17)20(3)16-14(12-18)21-11-5-4-6-15(21)19-16/h4-6,11,13H,7-10,12H2,1-3H3. The number of fused-ring (bicyclic) bond motifs is 1. The number of hydrogen-bond acceptors (Lipinski definition) is 2. The highest BCUT2D eigenvalue weighted by Gasteiger charge is 2.30. The van der Waals surface area contributed by atoms with Crippen LogP contribution in [-0.4, -0.2) is 22.5 Å². The van der Waals surface area contributed by atoms with Crippen molar-refractivity contribution in [1.82, 2.24) is 9.38 Å². The summed E-state index contributed by atoms with van der Waals surface area (Å²) in [5.41, 5.74) is 2.57. The SMILES string of the molecule is CN(c1nc2ccccn2c1CCl)C1CCC(C)(C)CC1. The molecule has 0 N–H and O–H groups in total. The first kappa shape index (κ1) is 14.7. The molecular formula is C17H24ClN3. The first-order chi connectivity index (χ1) is 10.0. The highest BCUT2D eigenvalue weighted by Crippen LogP contribution is 2.38. The van der Waals surface area contributed by atoms with Crippen LogP contribution in [0.5, 0.6) is 0 Å². The molecule has 0 aromatic carbocycles. The third kappa shape index (κ3) is 2.76. The van der Waals surface area contributed by atoms with E-state index in [9.17, 15) is 0 Å². The summed E-state index contributed by atoms with van der Waals surface area (Å²) >= 11 is 6.19. The molecule has 0 atom stereocenters. The van der Waals surface area contributed by atoms with Crippen molar-refractivity contribution in [2.24, 2.45) is 5.41 Å². The van der Waals surface area contributed by atoms with E-state index in [1.165, 1.54) is 25.7 Å². The Morgan fingerprint density at radius 1 is 1.33 bits per heavy atom. The van der Waals surface area contributed by atoms with Crippen molar-refractivity contribution in [3.8, 4) is 0 Å². The predicted molar refractivity (Wildman–Crippen MR) is 89.2 cm³/mol. The van der Waals surface area contributed by atoms with Gasteiger partial charge < -0.3 is 9.30 Å². The number of imidazole rings is 1. The number of hydrogen-bond donors (Lipinski definition) is 0. The summed E-state index contributed by atoms with van der Waals surface area (Å²) in [6.07, 6.45) is 7.08. The van der Waals surface area contributed by atoms with E-state index in [1.54, 1.807) is 0 Å². The lowest BCUT2D eigenvalue weighted by molar-refractivity contribution is 0.222. The van der Waals surface area contributed by atoms with Gasteiger partial charge in [-0.1, -0.05) is 19.9 Å². The van der Waals surface area contributed by atoms with E-state index in [-0.39, 0.29) is 0 Å². The zero-order chi connectivity index (χ0) is 15.0. The number of rotatable bonds is 3. The van der Waals surface area contributed by atoms with Gasteiger partial charge in [-0.25, -0.2) is 4.98 Å². The number of anilines is 1. The van der Waals surface area contributed by atoms with Gasteiger partial charge in [-0.05, 0) is 43.2 Å². The molecule has 2 aromatic rings. The van der Waals surface area contributed by atoms with Crippen LogP contribution in [0.3, 0.4) is 0 Å². The Bertz CT molecular complexity index is 622. The van der Waals surface area contributed by atoms with Crippen LogP contribution in [0.15, 0.2) is 24.4 Å². The summed E-state index contributed by atoms with van der Waals surface area (Å²) in [7, 11) is 2.17. The van der Waals surface area contributed by atoms with Crippen LogP contribution in [0.4, 0.5) is 5.82 Å². The Balaban J connectivity index is 1.89. The molecule has 0 spiro atoms. The smallest absolute Gasteiger partial charge is 0.152 e. The maximum absolute atomic E-state index is 6.19. The van der Waals surface area contributed by atoms with E-state index in [2.05, 4.69) is 30.2 Å². The molecule has 1 fully saturated rings. The molecule has 0 amide bonds. The van der Waals surface area contributed by atoms with Gasteiger partial charge >= 0.3 is 0 Å². The minimum Gasteiger partial charge on any atom is -0.355 e. The van der Waals surface area contributed by atoms with Crippen LogP contribution in [0.2, 0.25) is 0 Å². The fraction of sp³-hybridized carbons (Fsp3) is 0.588. The Labute approximate surface area is 131 Å². The Morgan fingerprint density at radius 3 is 2.71 bits per heavy atom. The minimum absolute atomic E-state index is 0.489. The normalized spacial score (nSPS) is 19.0. The van der Waals surface area contributed by atoms with E-state index in [0.717, 1.165) is 17.2 Å². The number of alkyl halides is 1. The monoisotopic (exact) mass is 305 g/mol. The van der Waals surface area contributed by atoms with Gasteiger partial charge in [0.15, 0.2) is 5.82 Å². The molecule has 3 rings (SSSR count). The maximum Gasteiger partial charge on any atom is 0.152 e. The average Bonchev–Trinajstić information content (AvgIpc) is 2.85. The number of aromatic nitrogens is 2. The molecule has 4 heteroatoms. The quantitative estimate of drug-likeness (QED) is 0.779. The summed E-state index contributed by atoms with van der Waals surface area (Å²) in [4.78, 5) is 7.15. The van der Waals surface area contributed by atoms with Crippen LogP contribution < -0.4 is 4.90 Å². The van der Waals surface area contributed by atoms with E-state index >= 15 is 0 Å². The van der Waals surface area contributed by atoms with Crippen LogP contribution in [0.1, 0.15) is 45.2 Å². The van der Waals surface area contributed by atoms with Gasteiger partial charge in [-0.2, -0.15) is 0 Å². The zero-order valence-electron chi connectivity index (χ0n) is 13.1.